The number of hydrogen-bond acceptors (Lipinski definition) is 2. The Morgan fingerprint density at radius 3 is 2.69 bits per heavy atom. The third-order valence-electron chi connectivity index (χ3n) is 3.47. The largest absolute Gasteiger partial charge is 0.371 e. The van der Waals surface area contributed by atoms with Crippen LogP contribution in [0.4, 0.5) is 10.1 Å². The molecule has 2 rings (SSSR count). The first kappa shape index (κ1) is 11.4. The summed E-state index contributed by atoms with van der Waals surface area (Å²) >= 11 is 0. The van der Waals surface area contributed by atoms with Crippen LogP contribution < -0.4 is 10.6 Å². The molecule has 1 fully saturated rings. The summed E-state index contributed by atoms with van der Waals surface area (Å²) < 4.78 is 13.1. The van der Waals surface area contributed by atoms with Crippen molar-refractivity contribution in [2.24, 2.45) is 11.1 Å². The zero-order valence-corrected chi connectivity index (χ0v) is 9.75. The number of anilines is 1. The minimum atomic E-state index is -0.173. The number of hydrogen-bond donors (Lipinski definition) is 1. The van der Waals surface area contributed by atoms with Crippen molar-refractivity contribution in [2.75, 3.05) is 24.5 Å². The third kappa shape index (κ3) is 2.35. The van der Waals surface area contributed by atoms with E-state index in [0.717, 1.165) is 25.3 Å². The summed E-state index contributed by atoms with van der Waals surface area (Å²) in [5.74, 6) is -0.173. The summed E-state index contributed by atoms with van der Waals surface area (Å²) in [6.45, 7) is 4.67. The second kappa shape index (κ2) is 4.42. The van der Waals surface area contributed by atoms with Crippen molar-refractivity contribution in [1.29, 1.82) is 0 Å². The lowest BCUT2D eigenvalue weighted by Gasteiger charge is -2.27. The monoisotopic (exact) mass is 222 g/mol. The first-order chi connectivity index (χ1) is 7.69. The molecule has 0 aliphatic heterocycles. The van der Waals surface area contributed by atoms with Gasteiger partial charge in [-0.15, -0.1) is 0 Å². The van der Waals surface area contributed by atoms with Gasteiger partial charge in [0.15, 0.2) is 0 Å². The molecule has 1 aliphatic rings. The fourth-order valence-electron chi connectivity index (χ4n) is 2.07. The minimum Gasteiger partial charge on any atom is -0.371 e. The summed E-state index contributed by atoms with van der Waals surface area (Å²) in [5, 5.41) is 0. The number of rotatable bonds is 5. The minimum absolute atomic E-state index is 0.173. The van der Waals surface area contributed by atoms with Crippen LogP contribution in [0.3, 0.4) is 0 Å². The van der Waals surface area contributed by atoms with Gasteiger partial charge in [-0.2, -0.15) is 0 Å². The molecular formula is C13H19FN2. The topological polar surface area (TPSA) is 29.3 Å². The average molecular weight is 222 g/mol. The molecule has 0 amide bonds. The maximum atomic E-state index is 13.1. The van der Waals surface area contributed by atoms with Crippen molar-refractivity contribution in [1.82, 2.24) is 0 Å². The van der Waals surface area contributed by atoms with Crippen LogP contribution in [-0.4, -0.2) is 19.6 Å². The second-order valence-corrected chi connectivity index (χ2v) is 4.70. The van der Waals surface area contributed by atoms with Crippen LogP contribution in [0.5, 0.6) is 0 Å². The lowest BCUT2D eigenvalue weighted by molar-refractivity contribution is 0.512. The molecule has 16 heavy (non-hydrogen) atoms. The van der Waals surface area contributed by atoms with E-state index in [9.17, 15) is 4.39 Å². The van der Waals surface area contributed by atoms with Crippen molar-refractivity contribution in [2.45, 2.75) is 19.8 Å². The SMILES string of the molecule is CCN(CC1(CN)CC1)c1cccc(F)c1. The molecule has 1 saturated carbocycles. The van der Waals surface area contributed by atoms with Gasteiger partial charge in [0, 0.05) is 24.2 Å². The van der Waals surface area contributed by atoms with Gasteiger partial charge in [0.2, 0.25) is 0 Å². The highest BCUT2D eigenvalue weighted by atomic mass is 19.1. The van der Waals surface area contributed by atoms with Crippen LogP contribution in [0.15, 0.2) is 24.3 Å². The highest BCUT2D eigenvalue weighted by Gasteiger charge is 2.42. The smallest absolute Gasteiger partial charge is 0.125 e. The van der Waals surface area contributed by atoms with Crippen LogP contribution in [0.25, 0.3) is 0 Å². The van der Waals surface area contributed by atoms with Crippen LogP contribution in [-0.2, 0) is 0 Å². The normalized spacial score (nSPS) is 17.2. The Morgan fingerprint density at radius 1 is 1.44 bits per heavy atom. The van der Waals surface area contributed by atoms with E-state index >= 15 is 0 Å². The molecule has 0 saturated heterocycles. The van der Waals surface area contributed by atoms with Crippen molar-refractivity contribution >= 4 is 5.69 Å². The Balaban J connectivity index is 2.10. The maximum Gasteiger partial charge on any atom is 0.125 e. The Bertz CT molecular complexity index is 361. The Morgan fingerprint density at radius 2 is 2.19 bits per heavy atom. The van der Waals surface area contributed by atoms with Crippen LogP contribution in [0, 0.1) is 11.2 Å². The Kier molecular flexibility index (Phi) is 3.15. The van der Waals surface area contributed by atoms with Crippen molar-refractivity contribution in [3.63, 3.8) is 0 Å². The second-order valence-electron chi connectivity index (χ2n) is 4.70. The van der Waals surface area contributed by atoms with Gasteiger partial charge in [-0.1, -0.05) is 6.07 Å². The summed E-state index contributed by atoms with van der Waals surface area (Å²) in [5.41, 5.74) is 7.03. The van der Waals surface area contributed by atoms with Crippen molar-refractivity contribution < 1.29 is 4.39 Å². The highest BCUT2D eigenvalue weighted by molar-refractivity contribution is 5.46. The predicted molar refractivity (Wildman–Crippen MR) is 65.0 cm³/mol. The van der Waals surface area contributed by atoms with Gasteiger partial charge in [0.05, 0.1) is 0 Å². The molecule has 0 atom stereocenters. The molecule has 0 heterocycles. The zero-order valence-electron chi connectivity index (χ0n) is 9.75. The number of nitrogens with two attached hydrogens (primary N) is 1. The molecule has 0 aromatic heterocycles. The fourth-order valence-corrected chi connectivity index (χ4v) is 2.07. The van der Waals surface area contributed by atoms with Gasteiger partial charge in [-0.05, 0) is 44.5 Å². The molecule has 1 aromatic rings. The van der Waals surface area contributed by atoms with E-state index in [1.807, 2.05) is 6.07 Å². The molecular weight excluding hydrogens is 203 g/mol. The molecule has 2 N–H and O–H groups in total. The zero-order chi connectivity index (χ0) is 11.6. The van der Waals surface area contributed by atoms with Gasteiger partial charge in [-0.3, -0.25) is 0 Å². The van der Waals surface area contributed by atoms with Crippen LogP contribution in [0.2, 0.25) is 0 Å². The third-order valence-corrected chi connectivity index (χ3v) is 3.47. The molecule has 88 valence electrons. The predicted octanol–water partition coefficient (Wildman–Crippen LogP) is 2.39. The van der Waals surface area contributed by atoms with Gasteiger partial charge in [-0.25, -0.2) is 4.39 Å². The van der Waals surface area contributed by atoms with Crippen molar-refractivity contribution in [3.8, 4) is 0 Å². The fraction of sp³-hybridized carbons (Fsp3) is 0.538. The lowest BCUT2D eigenvalue weighted by Crippen LogP contribution is -2.34. The Hall–Kier alpha value is -1.09. The standard InChI is InChI=1S/C13H19FN2/c1-2-16(10-13(9-15)6-7-13)12-5-3-4-11(14)8-12/h3-5,8H,2,6-7,9-10,15H2,1H3. The molecule has 0 spiro atoms. The molecule has 0 unspecified atom stereocenters. The maximum absolute atomic E-state index is 13.1. The molecule has 1 aromatic carbocycles. The van der Waals surface area contributed by atoms with Crippen LogP contribution >= 0.6 is 0 Å². The summed E-state index contributed by atoms with van der Waals surface area (Å²) in [6.07, 6.45) is 2.41. The van der Waals surface area contributed by atoms with E-state index in [4.69, 9.17) is 5.73 Å². The first-order valence-corrected chi connectivity index (χ1v) is 5.90. The van der Waals surface area contributed by atoms with E-state index in [2.05, 4.69) is 11.8 Å². The van der Waals surface area contributed by atoms with E-state index < -0.39 is 0 Å². The quantitative estimate of drug-likeness (QED) is 0.829. The number of halogens is 1. The molecule has 3 heteroatoms. The number of nitrogens with zero attached hydrogens (tertiary/aromatic N) is 1. The van der Waals surface area contributed by atoms with E-state index in [0.29, 0.717) is 5.41 Å². The average Bonchev–Trinajstić information content (AvgIpc) is 3.06. The van der Waals surface area contributed by atoms with E-state index in [1.165, 1.54) is 18.9 Å². The van der Waals surface area contributed by atoms with Gasteiger partial charge >= 0.3 is 0 Å². The molecule has 1 aliphatic carbocycles. The Labute approximate surface area is 96.2 Å². The van der Waals surface area contributed by atoms with Gasteiger partial charge < -0.3 is 10.6 Å². The molecule has 0 radical (unpaired) electrons. The van der Waals surface area contributed by atoms with Gasteiger partial charge in [0.25, 0.3) is 0 Å². The summed E-state index contributed by atoms with van der Waals surface area (Å²) in [7, 11) is 0. The van der Waals surface area contributed by atoms with Crippen LogP contribution in [0.1, 0.15) is 19.8 Å². The highest BCUT2D eigenvalue weighted by Crippen LogP contribution is 2.45. The first-order valence-electron chi connectivity index (χ1n) is 5.90. The van der Waals surface area contributed by atoms with Crippen molar-refractivity contribution in [3.05, 3.63) is 30.1 Å². The summed E-state index contributed by atoms with van der Waals surface area (Å²) in [4.78, 5) is 2.21. The van der Waals surface area contributed by atoms with E-state index in [-0.39, 0.29) is 5.82 Å². The van der Waals surface area contributed by atoms with E-state index in [1.54, 1.807) is 12.1 Å². The summed E-state index contributed by atoms with van der Waals surface area (Å²) in [6, 6.07) is 6.79. The lowest BCUT2D eigenvalue weighted by atomic mass is 10.1. The molecule has 2 nitrogen and oxygen atoms in total. The van der Waals surface area contributed by atoms with Gasteiger partial charge in [0.1, 0.15) is 5.82 Å². The molecule has 0 bridgehead atoms. The number of benzene rings is 1.